The van der Waals surface area contributed by atoms with Crippen molar-refractivity contribution in [1.82, 2.24) is 15.3 Å². The number of fused-ring (bicyclic) bond motifs is 3. The Morgan fingerprint density at radius 2 is 1.45 bits per heavy atom. The molecular weight excluding hydrogens is 407 g/mol. The Hall–Kier alpha value is -2.04. The molecule has 3 aromatic rings. The van der Waals surface area contributed by atoms with Gasteiger partial charge in [-0.3, -0.25) is 14.8 Å². The molecule has 0 spiro atoms. The summed E-state index contributed by atoms with van der Waals surface area (Å²) in [5.74, 6) is 1.08. The fourth-order valence-electron chi connectivity index (χ4n) is 2.91. The van der Waals surface area contributed by atoms with Crippen LogP contribution in [0.4, 0.5) is 0 Å². The van der Waals surface area contributed by atoms with Gasteiger partial charge in [-0.05, 0) is 36.8 Å². The van der Waals surface area contributed by atoms with Crippen LogP contribution in [0.5, 0.6) is 0 Å². The van der Waals surface area contributed by atoms with Crippen LogP contribution in [0.2, 0.25) is 0 Å². The monoisotopic (exact) mass is 438 g/mol. The van der Waals surface area contributed by atoms with E-state index in [-0.39, 0.29) is 28.4 Å². The van der Waals surface area contributed by atoms with Crippen LogP contribution >= 0.6 is 0 Å². The molecule has 1 aromatic carbocycles. The fraction of sp³-hybridized carbons (Fsp3) is 0.435. The zero-order valence-corrected chi connectivity index (χ0v) is 18.7. The number of carbonyl (C=O) groups excluding carboxylic acids is 1. The molecule has 6 heteroatoms. The maximum atomic E-state index is 11.4. The Balaban J connectivity index is 0.000000280. The molecule has 2 aromatic heterocycles. The van der Waals surface area contributed by atoms with Gasteiger partial charge in [0.25, 0.3) is 0 Å². The molecule has 160 valence electrons. The normalized spacial score (nSPS) is 11.7. The molecule has 1 amide bonds. The summed E-state index contributed by atoms with van der Waals surface area (Å²) in [4.78, 5) is 20.1. The van der Waals surface area contributed by atoms with Crippen molar-refractivity contribution in [3.63, 3.8) is 0 Å². The van der Waals surface area contributed by atoms with Gasteiger partial charge < -0.3 is 11.1 Å². The quantitative estimate of drug-likeness (QED) is 0.443. The molecule has 0 saturated carbocycles. The van der Waals surface area contributed by atoms with E-state index < -0.39 is 0 Å². The van der Waals surface area contributed by atoms with Gasteiger partial charge in [0, 0.05) is 46.2 Å². The molecule has 0 aliphatic carbocycles. The summed E-state index contributed by atoms with van der Waals surface area (Å²) < 4.78 is 0. The zero-order valence-electron chi connectivity index (χ0n) is 17.7. The van der Waals surface area contributed by atoms with E-state index in [2.05, 4.69) is 67.2 Å². The van der Waals surface area contributed by atoms with Crippen LogP contribution in [0.15, 0.2) is 48.8 Å². The largest absolute Gasteiger partial charge is 0.355 e. The Morgan fingerprint density at radius 3 is 1.90 bits per heavy atom. The number of nitrogens with two attached hydrogens (primary N) is 1. The van der Waals surface area contributed by atoms with E-state index in [0.717, 1.165) is 41.2 Å². The Labute approximate surface area is 183 Å². The van der Waals surface area contributed by atoms with Crippen LogP contribution in [0.1, 0.15) is 40.5 Å². The number of pyridine rings is 2. The van der Waals surface area contributed by atoms with Gasteiger partial charge in [-0.2, -0.15) is 0 Å². The number of amides is 1. The minimum absolute atomic E-state index is 0. The number of benzene rings is 1. The molecule has 1 unspecified atom stereocenters. The number of nitrogens with zero attached hydrogens (tertiary/aromatic N) is 2. The summed E-state index contributed by atoms with van der Waals surface area (Å²) in [5, 5.41) is 5.13. The molecule has 0 aliphatic heterocycles. The summed E-state index contributed by atoms with van der Waals surface area (Å²) in [5.41, 5.74) is 7.68. The third-order valence-corrected chi connectivity index (χ3v) is 4.43. The van der Waals surface area contributed by atoms with Gasteiger partial charge in [-0.15, -0.1) is 0 Å². The second kappa shape index (κ2) is 12.5. The van der Waals surface area contributed by atoms with E-state index in [1.807, 2.05) is 12.1 Å². The summed E-state index contributed by atoms with van der Waals surface area (Å²) in [6.45, 7) is 9.16. The number of nitrogens with one attached hydrogen (secondary N) is 1. The Morgan fingerprint density at radius 1 is 0.931 bits per heavy atom. The van der Waals surface area contributed by atoms with Crippen molar-refractivity contribution < 1.29 is 21.3 Å². The van der Waals surface area contributed by atoms with Crippen molar-refractivity contribution in [2.75, 3.05) is 6.54 Å². The number of hydrogen-bond acceptors (Lipinski definition) is 4. The van der Waals surface area contributed by atoms with Crippen LogP contribution in [-0.4, -0.2) is 28.5 Å². The molecule has 5 nitrogen and oxygen atoms in total. The van der Waals surface area contributed by atoms with Crippen molar-refractivity contribution in [3.05, 3.63) is 48.8 Å². The van der Waals surface area contributed by atoms with Crippen molar-refractivity contribution in [2.45, 2.75) is 46.6 Å². The minimum Gasteiger partial charge on any atom is -0.355 e. The first-order chi connectivity index (χ1) is 13.4. The third-order valence-electron chi connectivity index (χ3n) is 4.43. The van der Waals surface area contributed by atoms with Crippen molar-refractivity contribution in [2.24, 2.45) is 17.6 Å². The van der Waals surface area contributed by atoms with Gasteiger partial charge in [0.15, 0.2) is 0 Å². The average Bonchev–Trinajstić information content (AvgIpc) is 2.67. The molecular formula is C23H32N4NiO. The molecule has 0 bridgehead atoms. The topological polar surface area (TPSA) is 80.9 Å². The van der Waals surface area contributed by atoms with Crippen LogP contribution in [0, 0.1) is 11.8 Å². The van der Waals surface area contributed by atoms with Crippen LogP contribution in [-0.2, 0) is 21.3 Å². The summed E-state index contributed by atoms with van der Waals surface area (Å²) in [7, 11) is 0. The SMILES string of the molecule is CC(C)CCNC(=O)C(N)CC(C)C.[Ni].c1cnc2c(c1)ccc1cccnc12. The minimum atomic E-state index is -0.345. The maximum Gasteiger partial charge on any atom is 0.236 e. The standard InChI is InChI=1S/C12H8N2.C11H24N2O.Ni/c1-3-9-5-6-10-4-2-8-14-12(10)11(9)13-7-1;1-8(2)5-6-13-11(14)10(12)7-9(3)4;/h1-8H;8-10H,5-7,12H2,1-4H3,(H,13,14);. The van der Waals surface area contributed by atoms with E-state index >= 15 is 0 Å². The predicted octanol–water partition coefficient (Wildman–Crippen LogP) is 4.30. The van der Waals surface area contributed by atoms with Crippen LogP contribution in [0.3, 0.4) is 0 Å². The molecule has 2 heterocycles. The van der Waals surface area contributed by atoms with Crippen LogP contribution < -0.4 is 11.1 Å². The van der Waals surface area contributed by atoms with Crippen LogP contribution in [0.25, 0.3) is 21.8 Å². The summed E-state index contributed by atoms with van der Waals surface area (Å²) >= 11 is 0. The molecule has 3 N–H and O–H groups in total. The summed E-state index contributed by atoms with van der Waals surface area (Å²) in [6.07, 6.45) is 5.38. The van der Waals surface area contributed by atoms with Crippen molar-refractivity contribution in [3.8, 4) is 0 Å². The number of aromatic nitrogens is 2. The van der Waals surface area contributed by atoms with Gasteiger partial charge >= 0.3 is 0 Å². The zero-order chi connectivity index (χ0) is 20.5. The second-order valence-electron chi connectivity index (χ2n) is 7.93. The fourth-order valence-corrected chi connectivity index (χ4v) is 2.91. The molecule has 0 aliphatic rings. The smallest absolute Gasteiger partial charge is 0.236 e. The first-order valence-electron chi connectivity index (χ1n) is 10.00. The van der Waals surface area contributed by atoms with Gasteiger partial charge in [0.1, 0.15) is 0 Å². The van der Waals surface area contributed by atoms with Crippen molar-refractivity contribution >= 4 is 27.7 Å². The van der Waals surface area contributed by atoms with Gasteiger partial charge in [-0.1, -0.05) is 52.0 Å². The van der Waals surface area contributed by atoms with E-state index in [0.29, 0.717) is 11.8 Å². The number of carbonyl (C=O) groups is 1. The third kappa shape index (κ3) is 8.08. The van der Waals surface area contributed by atoms with E-state index in [4.69, 9.17) is 5.73 Å². The maximum absolute atomic E-state index is 11.4. The number of hydrogen-bond donors (Lipinski definition) is 2. The van der Waals surface area contributed by atoms with Gasteiger partial charge in [0.2, 0.25) is 5.91 Å². The Kier molecular flexibility index (Phi) is 10.8. The molecule has 1 atom stereocenters. The second-order valence-corrected chi connectivity index (χ2v) is 7.93. The molecule has 29 heavy (non-hydrogen) atoms. The molecule has 0 radical (unpaired) electrons. The molecule has 0 fully saturated rings. The van der Waals surface area contributed by atoms with Crippen molar-refractivity contribution in [1.29, 1.82) is 0 Å². The van der Waals surface area contributed by atoms with Gasteiger partial charge in [-0.25, -0.2) is 0 Å². The summed E-state index contributed by atoms with van der Waals surface area (Å²) in [6, 6.07) is 11.8. The van der Waals surface area contributed by atoms with E-state index in [1.54, 1.807) is 12.4 Å². The first-order valence-corrected chi connectivity index (χ1v) is 10.00. The molecule has 0 saturated heterocycles. The molecule has 3 rings (SSSR count). The predicted molar refractivity (Wildman–Crippen MR) is 117 cm³/mol. The average molecular weight is 439 g/mol. The Bertz CT molecular complexity index is 843. The number of rotatable bonds is 6. The van der Waals surface area contributed by atoms with Gasteiger partial charge in [0.05, 0.1) is 17.1 Å². The first kappa shape index (κ1) is 25.0. The van der Waals surface area contributed by atoms with E-state index in [9.17, 15) is 4.79 Å². The van der Waals surface area contributed by atoms with E-state index in [1.165, 1.54) is 0 Å².